The summed E-state index contributed by atoms with van der Waals surface area (Å²) in [5.41, 5.74) is 1.82. The van der Waals surface area contributed by atoms with Gasteiger partial charge in [-0.2, -0.15) is 0 Å². The SMILES string of the molecule is CN(C)c1ccc2ncc[n+](C)c2n1. The van der Waals surface area contributed by atoms with Crippen molar-refractivity contribution in [2.24, 2.45) is 7.05 Å². The molecule has 0 saturated heterocycles. The second kappa shape index (κ2) is 3.21. The van der Waals surface area contributed by atoms with Crippen LogP contribution in [0.15, 0.2) is 24.5 Å². The molecule has 0 aromatic carbocycles. The van der Waals surface area contributed by atoms with E-state index in [9.17, 15) is 0 Å². The van der Waals surface area contributed by atoms with E-state index in [4.69, 9.17) is 0 Å². The quantitative estimate of drug-likeness (QED) is 0.613. The Balaban J connectivity index is 2.70. The van der Waals surface area contributed by atoms with Gasteiger partial charge in [-0.25, -0.2) is 9.55 Å². The van der Waals surface area contributed by atoms with Crippen LogP contribution in [0.5, 0.6) is 0 Å². The molecule has 0 aliphatic heterocycles. The lowest BCUT2D eigenvalue weighted by atomic mass is 10.4. The van der Waals surface area contributed by atoms with Gasteiger partial charge in [-0.05, 0) is 11.1 Å². The molecule has 0 fully saturated rings. The Hall–Kier alpha value is -1.71. The number of hydrogen-bond acceptors (Lipinski definition) is 3. The zero-order valence-electron chi connectivity index (χ0n) is 8.60. The topological polar surface area (TPSA) is 32.9 Å². The Morgan fingerprint density at radius 1 is 1.29 bits per heavy atom. The summed E-state index contributed by atoms with van der Waals surface area (Å²) >= 11 is 0. The Morgan fingerprint density at radius 3 is 2.79 bits per heavy atom. The monoisotopic (exact) mass is 189 g/mol. The molecule has 0 aliphatic rings. The summed E-state index contributed by atoms with van der Waals surface area (Å²) < 4.78 is 1.97. The van der Waals surface area contributed by atoms with Crippen LogP contribution in [0.2, 0.25) is 0 Å². The fourth-order valence-electron chi connectivity index (χ4n) is 1.32. The first-order valence-corrected chi connectivity index (χ1v) is 4.47. The van der Waals surface area contributed by atoms with E-state index in [0.717, 1.165) is 17.0 Å². The molecular formula is C10H13N4+. The van der Waals surface area contributed by atoms with Gasteiger partial charge >= 0.3 is 5.65 Å². The molecule has 2 aromatic heterocycles. The van der Waals surface area contributed by atoms with Crippen molar-refractivity contribution in [2.75, 3.05) is 19.0 Å². The van der Waals surface area contributed by atoms with Gasteiger partial charge in [-0.15, -0.1) is 0 Å². The predicted octanol–water partition coefficient (Wildman–Crippen LogP) is 0.520. The van der Waals surface area contributed by atoms with Crippen molar-refractivity contribution >= 4 is 17.0 Å². The second-order valence-corrected chi connectivity index (χ2v) is 3.44. The minimum Gasteiger partial charge on any atom is -0.342 e. The molecule has 2 aromatic rings. The molecule has 0 radical (unpaired) electrons. The van der Waals surface area contributed by atoms with Gasteiger partial charge in [-0.3, -0.25) is 0 Å². The summed E-state index contributed by atoms with van der Waals surface area (Å²) in [4.78, 5) is 10.7. The smallest absolute Gasteiger partial charge is 0.342 e. The number of nitrogens with zero attached hydrogens (tertiary/aromatic N) is 4. The molecule has 0 unspecified atom stereocenters. The molecule has 0 atom stereocenters. The van der Waals surface area contributed by atoms with E-state index in [2.05, 4.69) is 9.97 Å². The van der Waals surface area contributed by atoms with Gasteiger partial charge in [0.05, 0.1) is 13.2 Å². The van der Waals surface area contributed by atoms with E-state index in [1.807, 2.05) is 48.9 Å². The van der Waals surface area contributed by atoms with E-state index in [-0.39, 0.29) is 0 Å². The molecule has 0 bridgehead atoms. The average Bonchev–Trinajstić information content (AvgIpc) is 2.18. The van der Waals surface area contributed by atoms with Crippen LogP contribution in [-0.4, -0.2) is 24.1 Å². The zero-order chi connectivity index (χ0) is 10.1. The van der Waals surface area contributed by atoms with Crippen molar-refractivity contribution in [3.8, 4) is 0 Å². The molecule has 0 saturated carbocycles. The van der Waals surface area contributed by atoms with E-state index >= 15 is 0 Å². The largest absolute Gasteiger partial charge is 0.351 e. The van der Waals surface area contributed by atoms with Crippen LogP contribution in [0.3, 0.4) is 0 Å². The summed E-state index contributed by atoms with van der Waals surface area (Å²) in [6.45, 7) is 0. The first kappa shape index (κ1) is 8.87. The number of hydrogen-bond donors (Lipinski definition) is 0. The van der Waals surface area contributed by atoms with Crippen molar-refractivity contribution in [3.05, 3.63) is 24.5 Å². The molecule has 0 spiro atoms. The van der Waals surface area contributed by atoms with Crippen molar-refractivity contribution in [2.45, 2.75) is 0 Å². The van der Waals surface area contributed by atoms with Gasteiger partial charge in [0.2, 0.25) is 5.82 Å². The number of rotatable bonds is 1. The molecule has 4 nitrogen and oxygen atoms in total. The fourth-order valence-corrected chi connectivity index (χ4v) is 1.32. The molecule has 14 heavy (non-hydrogen) atoms. The van der Waals surface area contributed by atoms with Crippen molar-refractivity contribution in [1.82, 2.24) is 9.97 Å². The summed E-state index contributed by atoms with van der Waals surface area (Å²) in [7, 11) is 5.92. The van der Waals surface area contributed by atoms with Gasteiger partial charge < -0.3 is 4.90 Å². The van der Waals surface area contributed by atoms with Crippen LogP contribution in [0.25, 0.3) is 11.2 Å². The Morgan fingerprint density at radius 2 is 2.07 bits per heavy atom. The van der Waals surface area contributed by atoms with Crippen molar-refractivity contribution in [1.29, 1.82) is 0 Å². The van der Waals surface area contributed by atoms with Crippen LogP contribution in [-0.2, 0) is 7.05 Å². The molecule has 0 aliphatic carbocycles. The highest BCUT2D eigenvalue weighted by atomic mass is 15.2. The number of aromatic nitrogens is 3. The maximum absolute atomic E-state index is 4.50. The minimum absolute atomic E-state index is 0.902. The summed E-state index contributed by atoms with van der Waals surface area (Å²) in [6.07, 6.45) is 3.67. The van der Waals surface area contributed by atoms with E-state index in [1.165, 1.54) is 0 Å². The van der Waals surface area contributed by atoms with E-state index in [1.54, 1.807) is 6.20 Å². The van der Waals surface area contributed by atoms with Gasteiger partial charge in [0.1, 0.15) is 6.20 Å². The highest BCUT2D eigenvalue weighted by molar-refractivity contribution is 5.68. The lowest BCUT2D eigenvalue weighted by Crippen LogP contribution is -2.30. The van der Waals surface area contributed by atoms with Crippen LogP contribution < -0.4 is 9.47 Å². The summed E-state index contributed by atoms with van der Waals surface area (Å²) in [5, 5.41) is 0. The van der Waals surface area contributed by atoms with Crippen LogP contribution in [0, 0.1) is 0 Å². The zero-order valence-corrected chi connectivity index (χ0v) is 8.60. The first-order valence-electron chi connectivity index (χ1n) is 4.47. The molecule has 4 heteroatoms. The van der Waals surface area contributed by atoms with Gasteiger partial charge in [-0.1, -0.05) is 0 Å². The summed E-state index contributed by atoms with van der Waals surface area (Å²) in [5.74, 6) is 0.945. The fraction of sp³-hybridized carbons (Fsp3) is 0.300. The minimum atomic E-state index is 0.902. The van der Waals surface area contributed by atoms with Crippen LogP contribution >= 0.6 is 0 Å². The number of anilines is 1. The standard InChI is InChI=1S/C10H13N4/c1-13(2)9-5-4-8-10(12-9)14(3)7-6-11-8/h4-7H,1-3H3/q+1. The highest BCUT2D eigenvalue weighted by Crippen LogP contribution is 2.10. The van der Waals surface area contributed by atoms with Gasteiger partial charge in [0.25, 0.3) is 0 Å². The Kier molecular flexibility index (Phi) is 2.04. The third-order valence-corrected chi connectivity index (χ3v) is 2.14. The van der Waals surface area contributed by atoms with E-state index < -0.39 is 0 Å². The third kappa shape index (κ3) is 1.39. The maximum Gasteiger partial charge on any atom is 0.351 e. The molecule has 0 amide bonds. The normalized spacial score (nSPS) is 10.5. The highest BCUT2D eigenvalue weighted by Gasteiger charge is 2.11. The van der Waals surface area contributed by atoms with E-state index in [0.29, 0.717) is 0 Å². The number of aryl methyl sites for hydroxylation is 1. The van der Waals surface area contributed by atoms with Gasteiger partial charge in [0.15, 0.2) is 5.52 Å². The lowest BCUT2D eigenvalue weighted by Gasteiger charge is -2.05. The molecule has 2 rings (SSSR count). The average molecular weight is 189 g/mol. The second-order valence-electron chi connectivity index (χ2n) is 3.44. The molecule has 72 valence electrons. The van der Waals surface area contributed by atoms with Crippen LogP contribution in [0.4, 0.5) is 5.82 Å². The molecule has 2 heterocycles. The van der Waals surface area contributed by atoms with Crippen LogP contribution in [0.1, 0.15) is 0 Å². The lowest BCUT2D eigenvalue weighted by molar-refractivity contribution is -0.647. The third-order valence-electron chi connectivity index (χ3n) is 2.14. The molecular weight excluding hydrogens is 176 g/mol. The van der Waals surface area contributed by atoms with Gasteiger partial charge in [0, 0.05) is 20.2 Å². The van der Waals surface area contributed by atoms with Crippen molar-refractivity contribution in [3.63, 3.8) is 0 Å². The number of pyridine rings is 1. The van der Waals surface area contributed by atoms with Crippen molar-refractivity contribution < 1.29 is 4.57 Å². The molecule has 0 N–H and O–H groups in total. The maximum atomic E-state index is 4.50. The number of fused-ring (bicyclic) bond motifs is 1. The Bertz CT molecular complexity index is 465. The summed E-state index contributed by atoms with van der Waals surface area (Å²) in [6, 6.07) is 3.95. The Labute approximate surface area is 82.8 Å². The first-order chi connectivity index (χ1) is 6.68. The predicted molar refractivity (Wildman–Crippen MR) is 55.0 cm³/mol.